The van der Waals surface area contributed by atoms with Crippen LogP contribution in [0.4, 0.5) is 10.6 Å². The average molecular weight is 479 g/mol. The van der Waals surface area contributed by atoms with Crippen LogP contribution in [0.1, 0.15) is 27.5 Å². The maximum absolute atomic E-state index is 12.8. The summed E-state index contributed by atoms with van der Waals surface area (Å²) >= 11 is 1.37. The SMILES string of the molecule is Cn1nc(C(=O)N2CSCC2C(=O)O)cc1NC(=O)OCC1c2ccccc2-c2ccccc21. The first kappa shape index (κ1) is 22.0. The number of ether oxygens (including phenoxy) is 1. The molecule has 0 saturated carbocycles. The lowest BCUT2D eigenvalue weighted by Gasteiger charge is -2.18. The van der Waals surface area contributed by atoms with Crippen molar-refractivity contribution < 1.29 is 24.2 Å². The Balaban J connectivity index is 1.26. The van der Waals surface area contributed by atoms with E-state index in [0.29, 0.717) is 5.75 Å². The number of benzene rings is 2. The van der Waals surface area contributed by atoms with Gasteiger partial charge < -0.3 is 14.7 Å². The topological polar surface area (TPSA) is 114 Å². The number of aryl methyl sites for hydroxylation is 1. The highest BCUT2D eigenvalue weighted by molar-refractivity contribution is 7.99. The second kappa shape index (κ2) is 8.86. The summed E-state index contributed by atoms with van der Waals surface area (Å²) in [4.78, 5) is 38.0. The monoisotopic (exact) mass is 478 g/mol. The summed E-state index contributed by atoms with van der Waals surface area (Å²) in [5.74, 6) is -0.720. The number of hydrogen-bond donors (Lipinski definition) is 2. The van der Waals surface area contributed by atoms with E-state index in [0.717, 1.165) is 22.3 Å². The van der Waals surface area contributed by atoms with Crippen LogP contribution in [0.2, 0.25) is 0 Å². The van der Waals surface area contributed by atoms with Crippen molar-refractivity contribution in [3.8, 4) is 11.1 Å². The molecular formula is C24H22N4O5S. The number of fused-ring (bicyclic) bond motifs is 3. The van der Waals surface area contributed by atoms with E-state index < -0.39 is 24.0 Å². The maximum atomic E-state index is 12.8. The summed E-state index contributed by atoms with van der Waals surface area (Å²) < 4.78 is 6.90. The molecule has 9 nitrogen and oxygen atoms in total. The molecule has 2 N–H and O–H groups in total. The Hall–Kier alpha value is -3.79. The summed E-state index contributed by atoms with van der Waals surface area (Å²) in [6.07, 6.45) is -0.663. The van der Waals surface area contributed by atoms with Crippen molar-refractivity contribution in [1.29, 1.82) is 0 Å². The Morgan fingerprint density at radius 3 is 2.41 bits per heavy atom. The first-order valence-electron chi connectivity index (χ1n) is 10.7. The van der Waals surface area contributed by atoms with Crippen LogP contribution in [0.15, 0.2) is 54.6 Å². The van der Waals surface area contributed by atoms with Gasteiger partial charge in [-0.25, -0.2) is 9.59 Å². The van der Waals surface area contributed by atoms with Crippen molar-refractivity contribution in [3.05, 3.63) is 71.4 Å². The Morgan fingerprint density at radius 2 is 1.76 bits per heavy atom. The zero-order valence-corrected chi connectivity index (χ0v) is 19.1. The van der Waals surface area contributed by atoms with E-state index >= 15 is 0 Å². The lowest BCUT2D eigenvalue weighted by molar-refractivity contribution is -0.140. The Bertz CT molecular complexity index is 1240. The molecule has 174 valence electrons. The van der Waals surface area contributed by atoms with E-state index in [-0.39, 0.29) is 29.9 Å². The number of carbonyl (C=O) groups is 3. The van der Waals surface area contributed by atoms with Gasteiger partial charge in [0, 0.05) is 24.8 Å². The number of carbonyl (C=O) groups excluding carboxylic acids is 2. The number of carboxylic acids is 1. The highest BCUT2D eigenvalue weighted by Crippen LogP contribution is 2.44. The van der Waals surface area contributed by atoms with Crippen molar-refractivity contribution >= 4 is 35.5 Å². The average Bonchev–Trinajstić information content (AvgIpc) is 3.54. The van der Waals surface area contributed by atoms with E-state index in [2.05, 4.69) is 22.5 Å². The van der Waals surface area contributed by atoms with Gasteiger partial charge in [-0.3, -0.25) is 14.8 Å². The molecular weight excluding hydrogens is 456 g/mol. The van der Waals surface area contributed by atoms with Gasteiger partial charge in [-0.2, -0.15) is 5.10 Å². The van der Waals surface area contributed by atoms with Crippen molar-refractivity contribution in [3.63, 3.8) is 0 Å². The number of nitrogens with zero attached hydrogens (tertiary/aromatic N) is 3. The minimum atomic E-state index is -1.05. The van der Waals surface area contributed by atoms with Gasteiger partial charge >= 0.3 is 12.1 Å². The second-order valence-corrected chi connectivity index (χ2v) is 9.12. The number of anilines is 1. The van der Waals surface area contributed by atoms with Crippen molar-refractivity contribution in [2.75, 3.05) is 23.6 Å². The summed E-state index contributed by atoms with van der Waals surface area (Å²) in [6.45, 7) is 0.161. The van der Waals surface area contributed by atoms with Crippen molar-refractivity contribution in [2.24, 2.45) is 7.05 Å². The van der Waals surface area contributed by atoms with Crippen LogP contribution < -0.4 is 5.32 Å². The molecule has 0 spiro atoms. The van der Waals surface area contributed by atoms with Gasteiger partial charge in [-0.05, 0) is 22.3 Å². The third-order valence-electron chi connectivity index (χ3n) is 6.10. The number of thioether (sulfide) groups is 1. The minimum absolute atomic E-state index is 0.0604. The third-order valence-corrected chi connectivity index (χ3v) is 7.11. The molecule has 2 aliphatic rings. The molecule has 2 aromatic carbocycles. The number of nitrogens with one attached hydrogen (secondary N) is 1. The molecule has 1 aliphatic heterocycles. The third kappa shape index (κ3) is 3.90. The van der Waals surface area contributed by atoms with Crippen molar-refractivity contribution in [2.45, 2.75) is 12.0 Å². The smallest absolute Gasteiger partial charge is 0.412 e. The van der Waals surface area contributed by atoms with Crippen LogP contribution >= 0.6 is 11.8 Å². The fourth-order valence-corrected chi connectivity index (χ4v) is 5.57. The van der Waals surface area contributed by atoms with E-state index in [1.54, 1.807) is 7.05 Å². The largest absolute Gasteiger partial charge is 0.480 e. The van der Waals surface area contributed by atoms with Gasteiger partial charge in [0.2, 0.25) is 0 Å². The normalized spacial score (nSPS) is 16.7. The van der Waals surface area contributed by atoms with E-state index in [1.807, 2.05) is 36.4 Å². The van der Waals surface area contributed by atoms with Gasteiger partial charge in [0.05, 0.1) is 5.88 Å². The first-order chi connectivity index (χ1) is 16.4. The summed E-state index contributed by atoms with van der Waals surface area (Å²) in [6, 6.07) is 16.7. The minimum Gasteiger partial charge on any atom is -0.480 e. The number of hydrogen-bond acceptors (Lipinski definition) is 6. The molecule has 2 amide bonds. The molecule has 1 fully saturated rings. The van der Waals surface area contributed by atoms with Crippen molar-refractivity contribution in [1.82, 2.24) is 14.7 Å². The molecule has 0 bridgehead atoms. The van der Waals surface area contributed by atoms with Gasteiger partial charge in [0.1, 0.15) is 18.5 Å². The van der Waals surface area contributed by atoms with Crippen LogP contribution in [-0.2, 0) is 16.6 Å². The zero-order chi connectivity index (χ0) is 23.8. The molecule has 0 radical (unpaired) electrons. The number of aromatic nitrogens is 2. The van der Waals surface area contributed by atoms with Gasteiger partial charge in [0.25, 0.3) is 5.91 Å². The predicted molar refractivity (Wildman–Crippen MR) is 127 cm³/mol. The van der Waals surface area contributed by atoms with Crippen LogP contribution in [0.5, 0.6) is 0 Å². The lowest BCUT2D eigenvalue weighted by atomic mass is 9.98. The second-order valence-electron chi connectivity index (χ2n) is 8.12. The molecule has 1 atom stereocenters. The molecule has 1 aromatic heterocycles. The Kier molecular flexibility index (Phi) is 5.74. The fourth-order valence-electron chi connectivity index (χ4n) is 4.42. The number of rotatable bonds is 5. The molecule has 1 unspecified atom stereocenters. The Labute approximate surface area is 199 Å². The number of carboxylic acid groups (broad SMARTS) is 1. The van der Waals surface area contributed by atoms with Crippen LogP contribution in [0.25, 0.3) is 11.1 Å². The quantitative estimate of drug-likeness (QED) is 0.578. The predicted octanol–water partition coefficient (Wildman–Crippen LogP) is 3.38. The molecule has 1 saturated heterocycles. The number of aliphatic carboxylic acids is 1. The van der Waals surface area contributed by atoms with Crippen LogP contribution in [0.3, 0.4) is 0 Å². The van der Waals surface area contributed by atoms with E-state index in [9.17, 15) is 19.5 Å². The molecule has 10 heteroatoms. The standard InChI is InChI=1S/C24H22N4O5S/c1-27-21(10-19(26-27)22(29)28-13-34-12-20(28)23(30)31)25-24(32)33-11-18-16-8-4-2-6-14(16)15-7-3-5-9-17(15)18/h2-10,18,20H,11-13H2,1H3,(H,25,32)(H,30,31). The van der Waals surface area contributed by atoms with Gasteiger partial charge in [-0.1, -0.05) is 48.5 Å². The highest BCUT2D eigenvalue weighted by atomic mass is 32.2. The summed E-state index contributed by atoms with van der Waals surface area (Å²) in [7, 11) is 1.59. The summed E-state index contributed by atoms with van der Waals surface area (Å²) in [5.41, 5.74) is 4.57. The van der Waals surface area contributed by atoms with E-state index in [1.165, 1.54) is 27.4 Å². The molecule has 2 heterocycles. The molecule has 1 aliphatic carbocycles. The highest BCUT2D eigenvalue weighted by Gasteiger charge is 2.36. The van der Waals surface area contributed by atoms with Crippen LogP contribution in [-0.4, -0.2) is 62.0 Å². The molecule has 34 heavy (non-hydrogen) atoms. The zero-order valence-electron chi connectivity index (χ0n) is 18.3. The number of amides is 2. The summed E-state index contributed by atoms with van der Waals surface area (Å²) in [5, 5.41) is 16.1. The van der Waals surface area contributed by atoms with Gasteiger partial charge in [0.15, 0.2) is 5.69 Å². The fraction of sp³-hybridized carbons (Fsp3) is 0.250. The molecule has 3 aromatic rings. The van der Waals surface area contributed by atoms with Gasteiger partial charge in [-0.15, -0.1) is 11.8 Å². The lowest BCUT2D eigenvalue weighted by Crippen LogP contribution is -2.41. The van der Waals surface area contributed by atoms with E-state index in [4.69, 9.17) is 4.74 Å². The van der Waals surface area contributed by atoms with Crippen LogP contribution in [0, 0.1) is 0 Å². The molecule has 5 rings (SSSR count). The Morgan fingerprint density at radius 1 is 1.12 bits per heavy atom. The first-order valence-corrected chi connectivity index (χ1v) is 11.9. The maximum Gasteiger partial charge on any atom is 0.412 e.